The lowest BCUT2D eigenvalue weighted by Gasteiger charge is -2.31. The lowest BCUT2D eigenvalue weighted by molar-refractivity contribution is 0.0136. The van der Waals surface area contributed by atoms with Crippen molar-refractivity contribution in [3.63, 3.8) is 0 Å². The Bertz CT molecular complexity index is 518. The minimum absolute atomic E-state index is 0.0710. The number of alkyl halides is 1. The van der Waals surface area contributed by atoms with Gasteiger partial charge < -0.3 is 4.74 Å². The van der Waals surface area contributed by atoms with Gasteiger partial charge in [0.2, 0.25) is 10.0 Å². The first-order valence-corrected chi connectivity index (χ1v) is 8.34. The summed E-state index contributed by atoms with van der Waals surface area (Å²) in [5.41, 5.74) is 0.946. The molecule has 0 amide bonds. The third-order valence-electron chi connectivity index (χ3n) is 2.90. The van der Waals surface area contributed by atoms with Gasteiger partial charge in [0.1, 0.15) is 0 Å². The Kier molecular flexibility index (Phi) is 4.42. The van der Waals surface area contributed by atoms with Crippen LogP contribution in [-0.2, 0) is 14.8 Å². The van der Waals surface area contributed by atoms with Crippen LogP contribution < -0.4 is 0 Å². The maximum Gasteiger partial charge on any atom is 0.243 e. The first-order chi connectivity index (χ1) is 8.54. The fraction of sp³-hybridized carbons (Fsp3) is 0.500. The molecule has 0 spiro atoms. The van der Waals surface area contributed by atoms with E-state index in [4.69, 9.17) is 4.74 Å². The molecule has 2 rings (SSSR count). The molecule has 1 fully saturated rings. The third-order valence-corrected chi connectivity index (χ3v) is 5.48. The maximum absolute atomic E-state index is 12.5. The van der Waals surface area contributed by atoms with Crippen molar-refractivity contribution in [1.82, 2.24) is 4.31 Å². The minimum Gasteiger partial charge on any atom is -0.375 e. The number of aryl methyl sites for hydroxylation is 1. The number of rotatable bonds is 3. The van der Waals surface area contributed by atoms with Gasteiger partial charge >= 0.3 is 0 Å². The van der Waals surface area contributed by atoms with Gasteiger partial charge in [0.15, 0.2) is 0 Å². The molecule has 1 heterocycles. The van der Waals surface area contributed by atoms with Crippen molar-refractivity contribution in [2.45, 2.75) is 17.9 Å². The van der Waals surface area contributed by atoms with Crippen LogP contribution in [-0.4, -0.2) is 43.9 Å². The van der Waals surface area contributed by atoms with Crippen LogP contribution in [0.4, 0.5) is 0 Å². The van der Waals surface area contributed by atoms with Crippen LogP contribution in [0.25, 0.3) is 0 Å². The van der Waals surface area contributed by atoms with Crippen molar-refractivity contribution < 1.29 is 13.2 Å². The fourth-order valence-electron chi connectivity index (χ4n) is 1.93. The molecule has 0 radical (unpaired) electrons. The van der Waals surface area contributed by atoms with Crippen LogP contribution >= 0.6 is 15.9 Å². The molecule has 0 aliphatic carbocycles. The van der Waals surface area contributed by atoms with Crippen molar-refractivity contribution >= 4 is 26.0 Å². The molecule has 0 bridgehead atoms. The van der Waals surface area contributed by atoms with Gasteiger partial charge in [-0.3, -0.25) is 0 Å². The molecule has 1 aromatic rings. The van der Waals surface area contributed by atoms with Crippen molar-refractivity contribution in [1.29, 1.82) is 0 Å². The summed E-state index contributed by atoms with van der Waals surface area (Å²) >= 11 is 3.33. The Morgan fingerprint density at radius 3 is 2.94 bits per heavy atom. The number of sulfonamides is 1. The number of ether oxygens (including phenoxy) is 1. The maximum atomic E-state index is 12.5. The zero-order valence-electron chi connectivity index (χ0n) is 10.2. The van der Waals surface area contributed by atoms with E-state index in [1.165, 1.54) is 4.31 Å². The number of morpholine rings is 1. The average Bonchev–Trinajstić information content (AvgIpc) is 2.39. The summed E-state index contributed by atoms with van der Waals surface area (Å²) in [5.74, 6) is 0. The van der Waals surface area contributed by atoms with Gasteiger partial charge in [0, 0.05) is 18.4 Å². The lowest BCUT2D eigenvalue weighted by Crippen LogP contribution is -2.46. The number of benzene rings is 1. The van der Waals surface area contributed by atoms with Gasteiger partial charge in [0.25, 0.3) is 0 Å². The highest BCUT2D eigenvalue weighted by Gasteiger charge is 2.30. The quantitative estimate of drug-likeness (QED) is 0.792. The average molecular weight is 334 g/mol. The molecular weight excluding hydrogens is 318 g/mol. The van der Waals surface area contributed by atoms with Crippen molar-refractivity contribution in [2.24, 2.45) is 0 Å². The highest BCUT2D eigenvalue weighted by molar-refractivity contribution is 9.09. The standard InChI is InChI=1S/C12H16BrNO3S/c1-10-3-2-4-12(7-10)18(15,16)14-5-6-17-11(8-13)9-14/h2-4,7,11H,5-6,8-9H2,1H3. The summed E-state index contributed by atoms with van der Waals surface area (Å²) < 4.78 is 31.9. The molecular formula is C12H16BrNO3S. The van der Waals surface area contributed by atoms with Crippen LogP contribution in [0.1, 0.15) is 5.56 Å². The van der Waals surface area contributed by atoms with Crippen LogP contribution in [0, 0.1) is 6.92 Å². The van der Waals surface area contributed by atoms with E-state index >= 15 is 0 Å². The van der Waals surface area contributed by atoms with Gasteiger partial charge in [-0.25, -0.2) is 8.42 Å². The summed E-state index contributed by atoms with van der Waals surface area (Å²) in [6, 6.07) is 7.00. The molecule has 1 aliphatic rings. The second kappa shape index (κ2) is 5.69. The largest absolute Gasteiger partial charge is 0.375 e. The van der Waals surface area contributed by atoms with E-state index in [1.54, 1.807) is 18.2 Å². The Morgan fingerprint density at radius 1 is 1.50 bits per heavy atom. The first-order valence-electron chi connectivity index (χ1n) is 5.78. The van der Waals surface area contributed by atoms with Crippen LogP contribution in [0.5, 0.6) is 0 Å². The molecule has 1 saturated heterocycles. The molecule has 6 heteroatoms. The van der Waals surface area contributed by atoms with Gasteiger partial charge in [-0.15, -0.1) is 0 Å². The topological polar surface area (TPSA) is 46.6 Å². The molecule has 100 valence electrons. The van der Waals surface area contributed by atoms with E-state index in [1.807, 2.05) is 13.0 Å². The third kappa shape index (κ3) is 2.93. The van der Waals surface area contributed by atoms with Crippen molar-refractivity contribution in [3.05, 3.63) is 29.8 Å². The second-order valence-corrected chi connectivity index (χ2v) is 6.91. The van der Waals surface area contributed by atoms with E-state index in [0.717, 1.165) is 5.56 Å². The van der Waals surface area contributed by atoms with Crippen molar-refractivity contribution in [3.8, 4) is 0 Å². The van der Waals surface area contributed by atoms with Crippen LogP contribution in [0.3, 0.4) is 0 Å². The lowest BCUT2D eigenvalue weighted by atomic mass is 10.2. The Hall–Kier alpha value is -0.430. The Balaban J connectivity index is 2.25. The smallest absolute Gasteiger partial charge is 0.243 e. The first kappa shape index (κ1) is 14.0. The number of hydrogen-bond acceptors (Lipinski definition) is 3. The zero-order valence-corrected chi connectivity index (χ0v) is 12.6. The van der Waals surface area contributed by atoms with E-state index in [2.05, 4.69) is 15.9 Å². The van der Waals surface area contributed by atoms with E-state index < -0.39 is 10.0 Å². The van der Waals surface area contributed by atoms with Crippen LogP contribution in [0.15, 0.2) is 29.2 Å². The summed E-state index contributed by atoms with van der Waals surface area (Å²) in [6.07, 6.45) is -0.0710. The predicted octanol–water partition coefficient (Wildman–Crippen LogP) is 1.78. The van der Waals surface area contributed by atoms with Crippen LogP contribution in [0.2, 0.25) is 0 Å². The Labute approximate surface area is 116 Å². The highest BCUT2D eigenvalue weighted by Crippen LogP contribution is 2.20. The van der Waals surface area contributed by atoms with E-state index in [0.29, 0.717) is 29.9 Å². The summed E-state index contributed by atoms with van der Waals surface area (Å²) in [7, 11) is -3.40. The number of nitrogens with zero attached hydrogens (tertiary/aromatic N) is 1. The summed E-state index contributed by atoms with van der Waals surface area (Å²) in [6.45, 7) is 3.15. The molecule has 0 saturated carbocycles. The number of hydrogen-bond donors (Lipinski definition) is 0. The zero-order chi connectivity index (χ0) is 13.2. The summed E-state index contributed by atoms with van der Waals surface area (Å²) in [4.78, 5) is 0.359. The van der Waals surface area contributed by atoms with E-state index in [-0.39, 0.29) is 6.10 Å². The highest BCUT2D eigenvalue weighted by atomic mass is 79.9. The van der Waals surface area contributed by atoms with E-state index in [9.17, 15) is 8.42 Å². The SMILES string of the molecule is Cc1cccc(S(=O)(=O)N2CCOC(CBr)C2)c1. The molecule has 0 aromatic heterocycles. The predicted molar refractivity (Wildman–Crippen MR) is 73.5 cm³/mol. The van der Waals surface area contributed by atoms with Gasteiger partial charge in [-0.05, 0) is 24.6 Å². The normalized spacial score (nSPS) is 22.0. The summed E-state index contributed by atoms with van der Waals surface area (Å²) in [5, 5.41) is 0.646. The van der Waals surface area contributed by atoms with Gasteiger partial charge in [-0.2, -0.15) is 4.31 Å². The molecule has 18 heavy (non-hydrogen) atoms. The van der Waals surface area contributed by atoms with Gasteiger partial charge in [0.05, 0.1) is 17.6 Å². The van der Waals surface area contributed by atoms with Crippen molar-refractivity contribution in [2.75, 3.05) is 25.0 Å². The molecule has 0 N–H and O–H groups in total. The molecule has 1 aromatic carbocycles. The fourth-order valence-corrected chi connectivity index (χ4v) is 3.88. The molecule has 1 unspecified atom stereocenters. The Morgan fingerprint density at radius 2 is 2.28 bits per heavy atom. The molecule has 1 aliphatic heterocycles. The minimum atomic E-state index is -3.40. The number of halogens is 1. The molecule has 4 nitrogen and oxygen atoms in total. The molecule has 1 atom stereocenters. The second-order valence-electron chi connectivity index (χ2n) is 4.33. The van der Waals surface area contributed by atoms with Gasteiger partial charge in [-0.1, -0.05) is 28.1 Å². The monoisotopic (exact) mass is 333 g/mol.